The molecule has 0 amide bonds. The van der Waals surface area contributed by atoms with Crippen molar-refractivity contribution < 1.29 is 14.2 Å². The van der Waals surface area contributed by atoms with Crippen molar-refractivity contribution in [2.24, 2.45) is 0 Å². The van der Waals surface area contributed by atoms with Gasteiger partial charge in [-0.05, 0) is 48.1 Å². The number of thiocarbonyl (C=S) groups is 1. The molecule has 0 bridgehead atoms. The van der Waals surface area contributed by atoms with Gasteiger partial charge >= 0.3 is 0 Å². The highest BCUT2D eigenvalue weighted by molar-refractivity contribution is 7.80. The van der Waals surface area contributed by atoms with Crippen molar-refractivity contribution in [2.75, 3.05) is 21.3 Å². The van der Waals surface area contributed by atoms with Crippen molar-refractivity contribution >= 4 is 23.0 Å². The Hall–Kier alpha value is -2.73. The van der Waals surface area contributed by atoms with Crippen LogP contribution in [0.1, 0.15) is 17.2 Å². The molecule has 1 atom stereocenters. The third kappa shape index (κ3) is 3.69. The summed E-state index contributed by atoms with van der Waals surface area (Å²) in [5.74, 6) is 2.18. The standard InChI is InChI=1S/C19H20N2O3S/c1-22-14-6-4-5-12(9-14)15-11-16(21-19(25)20-15)13-7-8-17(23-2)18(10-13)24-3/h4-11,16H,1-3H3,(H2,20,21,25)/t16-/m0/s1. The van der Waals surface area contributed by atoms with Gasteiger partial charge in [0.15, 0.2) is 16.6 Å². The van der Waals surface area contributed by atoms with E-state index in [4.69, 9.17) is 26.4 Å². The molecule has 1 heterocycles. The van der Waals surface area contributed by atoms with Gasteiger partial charge in [-0.15, -0.1) is 0 Å². The van der Waals surface area contributed by atoms with E-state index < -0.39 is 0 Å². The summed E-state index contributed by atoms with van der Waals surface area (Å²) in [5.41, 5.74) is 2.97. The molecule has 0 radical (unpaired) electrons. The van der Waals surface area contributed by atoms with E-state index in [1.54, 1.807) is 21.3 Å². The lowest BCUT2D eigenvalue weighted by atomic mass is 10.0. The zero-order chi connectivity index (χ0) is 17.8. The fourth-order valence-corrected chi connectivity index (χ4v) is 2.97. The molecule has 0 aliphatic carbocycles. The summed E-state index contributed by atoms with van der Waals surface area (Å²) in [4.78, 5) is 0. The molecule has 0 fully saturated rings. The average Bonchev–Trinajstić information content (AvgIpc) is 2.67. The van der Waals surface area contributed by atoms with E-state index in [2.05, 4.69) is 16.7 Å². The van der Waals surface area contributed by atoms with Crippen LogP contribution >= 0.6 is 12.2 Å². The van der Waals surface area contributed by atoms with Gasteiger partial charge in [0.25, 0.3) is 0 Å². The molecule has 130 valence electrons. The minimum atomic E-state index is -0.0743. The quantitative estimate of drug-likeness (QED) is 0.802. The molecule has 0 unspecified atom stereocenters. The van der Waals surface area contributed by atoms with E-state index in [0.29, 0.717) is 16.6 Å². The van der Waals surface area contributed by atoms with Crippen molar-refractivity contribution in [1.29, 1.82) is 0 Å². The molecule has 0 spiro atoms. The zero-order valence-corrected chi connectivity index (χ0v) is 15.1. The van der Waals surface area contributed by atoms with E-state index in [1.807, 2.05) is 42.5 Å². The molecule has 25 heavy (non-hydrogen) atoms. The first kappa shape index (κ1) is 17.1. The van der Waals surface area contributed by atoms with Crippen LogP contribution < -0.4 is 24.8 Å². The Balaban J connectivity index is 1.97. The van der Waals surface area contributed by atoms with Gasteiger partial charge in [-0.1, -0.05) is 18.2 Å². The summed E-state index contributed by atoms with van der Waals surface area (Å²) in [6, 6.07) is 13.6. The SMILES string of the molecule is COc1cccc(C2=C[C@@H](c3ccc(OC)c(OC)c3)NC(=S)N2)c1. The number of hydrogen-bond acceptors (Lipinski definition) is 4. The summed E-state index contributed by atoms with van der Waals surface area (Å²) in [6.45, 7) is 0. The van der Waals surface area contributed by atoms with Crippen LogP contribution in [-0.2, 0) is 0 Å². The van der Waals surface area contributed by atoms with Crippen LogP contribution in [0.4, 0.5) is 0 Å². The lowest BCUT2D eigenvalue weighted by Crippen LogP contribution is -2.40. The number of methoxy groups -OCH3 is 3. The van der Waals surface area contributed by atoms with Gasteiger partial charge in [0.2, 0.25) is 0 Å². The molecule has 2 aromatic rings. The highest BCUT2D eigenvalue weighted by Crippen LogP contribution is 2.32. The van der Waals surface area contributed by atoms with E-state index in [0.717, 1.165) is 22.6 Å². The molecule has 6 heteroatoms. The highest BCUT2D eigenvalue weighted by Gasteiger charge is 2.20. The number of ether oxygens (including phenoxy) is 3. The summed E-state index contributed by atoms with van der Waals surface area (Å²) in [5, 5.41) is 7.04. The normalized spacial score (nSPS) is 16.4. The van der Waals surface area contributed by atoms with E-state index >= 15 is 0 Å². The Bertz CT molecular complexity index is 820. The largest absolute Gasteiger partial charge is 0.497 e. The summed E-state index contributed by atoms with van der Waals surface area (Å²) in [7, 11) is 4.90. The topological polar surface area (TPSA) is 51.8 Å². The fraction of sp³-hybridized carbons (Fsp3) is 0.211. The molecule has 5 nitrogen and oxygen atoms in total. The zero-order valence-electron chi connectivity index (χ0n) is 14.3. The van der Waals surface area contributed by atoms with Crippen LogP contribution in [0, 0.1) is 0 Å². The van der Waals surface area contributed by atoms with E-state index in [9.17, 15) is 0 Å². The first-order chi connectivity index (χ1) is 12.1. The van der Waals surface area contributed by atoms with Crippen LogP contribution in [0.3, 0.4) is 0 Å². The molecule has 0 aromatic heterocycles. The van der Waals surface area contributed by atoms with Crippen LogP contribution in [-0.4, -0.2) is 26.4 Å². The summed E-state index contributed by atoms with van der Waals surface area (Å²) < 4.78 is 16.0. The van der Waals surface area contributed by atoms with Gasteiger partial charge in [0.05, 0.1) is 27.4 Å². The molecule has 1 aliphatic rings. The predicted molar refractivity (Wildman–Crippen MR) is 102 cm³/mol. The number of rotatable bonds is 5. The second kappa shape index (κ2) is 7.44. The molecule has 0 saturated carbocycles. The fourth-order valence-electron chi connectivity index (χ4n) is 2.73. The molecule has 2 aromatic carbocycles. The number of benzene rings is 2. The first-order valence-electron chi connectivity index (χ1n) is 7.80. The van der Waals surface area contributed by atoms with Gasteiger partial charge in [-0.2, -0.15) is 0 Å². The second-order valence-corrected chi connectivity index (χ2v) is 5.91. The first-order valence-corrected chi connectivity index (χ1v) is 8.21. The predicted octanol–water partition coefficient (Wildman–Crippen LogP) is 3.27. The maximum Gasteiger partial charge on any atom is 0.171 e. The van der Waals surface area contributed by atoms with Crippen LogP contribution in [0.2, 0.25) is 0 Å². The van der Waals surface area contributed by atoms with Crippen LogP contribution in [0.5, 0.6) is 17.2 Å². The van der Waals surface area contributed by atoms with Gasteiger partial charge in [-0.3, -0.25) is 0 Å². The minimum Gasteiger partial charge on any atom is -0.497 e. The van der Waals surface area contributed by atoms with Crippen LogP contribution in [0.25, 0.3) is 5.70 Å². The summed E-state index contributed by atoms with van der Waals surface area (Å²) >= 11 is 5.38. The molecule has 3 rings (SSSR count). The van der Waals surface area contributed by atoms with Crippen molar-refractivity contribution in [1.82, 2.24) is 10.6 Å². The van der Waals surface area contributed by atoms with Crippen LogP contribution in [0.15, 0.2) is 48.5 Å². The monoisotopic (exact) mass is 356 g/mol. The Morgan fingerprint density at radius 3 is 2.44 bits per heavy atom. The van der Waals surface area contributed by atoms with E-state index in [-0.39, 0.29) is 6.04 Å². The summed E-state index contributed by atoms with van der Waals surface area (Å²) in [6.07, 6.45) is 2.09. The lowest BCUT2D eigenvalue weighted by Gasteiger charge is -2.27. The van der Waals surface area contributed by atoms with Crippen molar-refractivity contribution in [3.63, 3.8) is 0 Å². The van der Waals surface area contributed by atoms with Gasteiger partial charge < -0.3 is 24.8 Å². The van der Waals surface area contributed by atoms with Gasteiger partial charge in [0, 0.05) is 11.3 Å². The molecular weight excluding hydrogens is 336 g/mol. The molecule has 1 aliphatic heterocycles. The van der Waals surface area contributed by atoms with Crippen molar-refractivity contribution in [3.05, 3.63) is 59.7 Å². The van der Waals surface area contributed by atoms with E-state index in [1.165, 1.54) is 0 Å². The maximum atomic E-state index is 5.40. The third-order valence-electron chi connectivity index (χ3n) is 4.02. The Kier molecular flexibility index (Phi) is 5.09. The second-order valence-electron chi connectivity index (χ2n) is 5.50. The maximum absolute atomic E-state index is 5.40. The Labute approximate surface area is 152 Å². The van der Waals surface area contributed by atoms with Gasteiger partial charge in [-0.25, -0.2) is 0 Å². The lowest BCUT2D eigenvalue weighted by molar-refractivity contribution is 0.354. The Morgan fingerprint density at radius 2 is 1.72 bits per heavy atom. The smallest absolute Gasteiger partial charge is 0.171 e. The minimum absolute atomic E-state index is 0.0743. The molecule has 2 N–H and O–H groups in total. The average molecular weight is 356 g/mol. The number of hydrogen-bond donors (Lipinski definition) is 2. The van der Waals surface area contributed by atoms with Crippen molar-refractivity contribution in [2.45, 2.75) is 6.04 Å². The van der Waals surface area contributed by atoms with Crippen molar-refractivity contribution in [3.8, 4) is 17.2 Å². The Morgan fingerprint density at radius 1 is 0.920 bits per heavy atom. The number of nitrogens with one attached hydrogen (secondary N) is 2. The van der Waals surface area contributed by atoms with Gasteiger partial charge in [0.1, 0.15) is 5.75 Å². The molecule has 0 saturated heterocycles. The highest BCUT2D eigenvalue weighted by atomic mass is 32.1. The molecular formula is C19H20N2O3S. The third-order valence-corrected chi connectivity index (χ3v) is 4.24.